The third kappa shape index (κ3) is 2.94. The maximum absolute atomic E-state index is 11.9. The van der Waals surface area contributed by atoms with Crippen LogP contribution < -0.4 is 0 Å². The van der Waals surface area contributed by atoms with Crippen molar-refractivity contribution in [3.8, 4) is 0 Å². The molecule has 2 unspecified atom stereocenters. The lowest BCUT2D eigenvalue weighted by Crippen LogP contribution is -2.50. The second-order valence-electron chi connectivity index (χ2n) is 5.24. The summed E-state index contributed by atoms with van der Waals surface area (Å²) in [5.74, 6) is 1.15. The summed E-state index contributed by atoms with van der Waals surface area (Å²) in [6.45, 7) is 9.14. The van der Waals surface area contributed by atoms with Crippen molar-refractivity contribution >= 4 is 5.91 Å². The van der Waals surface area contributed by atoms with Crippen LogP contribution >= 0.6 is 0 Å². The van der Waals surface area contributed by atoms with E-state index in [0.717, 1.165) is 25.9 Å². The van der Waals surface area contributed by atoms with Gasteiger partial charge in [-0.25, -0.2) is 0 Å². The summed E-state index contributed by atoms with van der Waals surface area (Å²) in [5.41, 5.74) is -1.22. The van der Waals surface area contributed by atoms with E-state index in [1.54, 1.807) is 13.8 Å². The van der Waals surface area contributed by atoms with Gasteiger partial charge in [0.1, 0.15) is 5.60 Å². The van der Waals surface area contributed by atoms with E-state index in [1.165, 1.54) is 0 Å². The fourth-order valence-corrected chi connectivity index (χ4v) is 2.25. The van der Waals surface area contributed by atoms with Gasteiger partial charge in [0.2, 0.25) is 0 Å². The molecule has 0 radical (unpaired) electrons. The lowest BCUT2D eigenvalue weighted by atomic mass is 9.85. The van der Waals surface area contributed by atoms with Crippen molar-refractivity contribution in [3.05, 3.63) is 0 Å². The molecule has 0 spiro atoms. The molecular weight excluding hydrogens is 190 g/mol. The van der Waals surface area contributed by atoms with Crippen LogP contribution in [0.15, 0.2) is 0 Å². The average molecular weight is 213 g/mol. The van der Waals surface area contributed by atoms with E-state index in [0.29, 0.717) is 11.8 Å². The third-order valence-electron chi connectivity index (χ3n) is 3.45. The van der Waals surface area contributed by atoms with Crippen LogP contribution in [0.1, 0.15) is 40.5 Å². The number of carbonyl (C=O) groups excluding carboxylic acids is 1. The number of aliphatic hydroxyl groups is 1. The highest BCUT2D eigenvalue weighted by Crippen LogP contribution is 2.26. The number of rotatable bonds is 2. The Balaban J connectivity index is 2.62. The lowest BCUT2D eigenvalue weighted by Gasteiger charge is -2.39. The molecule has 0 aliphatic carbocycles. The minimum Gasteiger partial charge on any atom is -0.381 e. The minimum atomic E-state index is -1.22. The van der Waals surface area contributed by atoms with Gasteiger partial charge in [-0.3, -0.25) is 4.79 Å². The molecule has 1 rings (SSSR count). The van der Waals surface area contributed by atoms with E-state index >= 15 is 0 Å². The number of likely N-dealkylation sites (tertiary alicyclic amines) is 1. The van der Waals surface area contributed by atoms with Gasteiger partial charge < -0.3 is 10.0 Å². The molecule has 1 aliphatic rings. The zero-order valence-corrected chi connectivity index (χ0v) is 10.3. The Bertz CT molecular complexity index is 232. The van der Waals surface area contributed by atoms with Crippen LogP contribution in [0.2, 0.25) is 0 Å². The van der Waals surface area contributed by atoms with Gasteiger partial charge in [0.05, 0.1) is 0 Å². The van der Waals surface area contributed by atoms with E-state index < -0.39 is 5.60 Å². The molecule has 0 saturated carbocycles. The van der Waals surface area contributed by atoms with Gasteiger partial charge in [0.15, 0.2) is 0 Å². The molecule has 2 atom stereocenters. The second kappa shape index (κ2) is 4.52. The van der Waals surface area contributed by atoms with Gasteiger partial charge in [0, 0.05) is 13.1 Å². The first-order chi connectivity index (χ1) is 6.86. The minimum absolute atomic E-state index is 0.132. The monoisotopic (exact) mass is 213 g/mol. The smallest absolute Gasteiger partial charge is 0.253 e. The van der Waals surface area contributed by atoms with Crippen LogP contribution in [-0.4, -0.2) is 34.6 Å². The summed E-state index contributed by atoms with van der Waals surface area (Å²) in [5, 5.41) is 9.67. The number of amides is 1. The lowest BCUT2D eigenvalue weighted by molar-refractivity contribution is -0.150. The Kier molecular flexibility index (Phi) is 3.77. The Morgan fingerprint density at radius 2 is 2.13 bits per heavy atom. The quantitative estimate of drug-likeness (QED) is 0.757. The average Bonchev–Trinajstić information content (AvgIpc) is 2.16. The van der Waals surface area contributed by atoms with Crippen molar-refractivity contribution in [1.29, 1.82) is 0 Å². The van der Waals surface area contributed by atoms with Gasteiger partial charge in [-0.2, -0.15) is 0 Å². The number of hydrogen-bond acceptors (Lipinski definition) is 2. The Hall–Kier alpha value is -0.570. The molecule has 1 amide bonds. The first-order valence-electron chi connectivity index (χ1n) is 5.88. The summed E-state index contributed by atoms with van der Waals surface area (Å²) in [6.07, 6.45) is 2.16. The summed E-state index contributed by atoms with van der Waals surface area (Å²) < 4.78 is 0. The molecule has 1 fully saturated rings. The molecule has 0 aromatic carbocycles. The normalized spacial score (nSPS) is 27.9. The second-order valence-corrected chi connectivity index (χ2v) is 5.24. The molecule has 0 aromatic heterocycles. The largest absolute Gasteiger partial charge is 0.381 e. The van der Waals surface area contributed by atoms with E-state index in [9.17, 15) is 9.90 Å². The van der Waals surface area contributed by atoms with Crippen LogP contribution in [0, 0.1) is 11.8 Å². The summed E-state index contributed by atoms with van der Waals surface area (Å²) in [6, 6.07) is 0. The Morgan fingerprint density at radius 1 is 1.53 bits per heavy atom. The van der Waals surface area contributed by atoms with Crippen molar-refractivity contribution in [2.45, 2.75) is 46.1 Å². The van der Waals surface area contributed by atoms with E-state index in [1.807, 2.05) is 4.90 Å². The van der Waals surface area contributed by atoms with Crippen molar-refractivity contribution in [1.82, 2.24) is 4.90 Å². The summed E-state index contributed by atoms with van der Waals surface area (Å²) in [4.78, 5) is 13.7. The number of piperidine rings is 1. The number of hydrogen-bond donors (Lipinski definition) is 1. The van der Waals surface area contributed by atoms with Crippen LogP contribution in [-0.2, 0) is 4.79 Å². The van der Waals surface area contributed by atoms with Gasteiger partial charge >= 0.3 is 0 Å². The third-order valence-corrected chi connectivity index (χ3v) is 3.45. The Labute approximate surface area is 92.5 Å². The SMILES string of the molecule is CCC1CN(C(=O)C(C)(C)O)CCC1C. The predicted molar refractivity (Wildman–Crippen MR) is 60.4 cm³/mol. The van der Waals surface area contributed by atoms with E-state index in [2.05, 4.69) is 13.8 Å². The maximum Gasteiger partial charge on any atom is 0.253 e. The first-order valence-corrected chi connectivity index (χ1v) is 5.88. The maximum atomic E-state index is 11.9. The highest BCUT2D eigenvalue weighted by Gasteiger charge is 2.34. The summed E-state index contributed by atoms with van der Waals surface area (Å²) in [7, 11) is 0. The summed E-state index contributed by atoms with van der Waals surface area (Å²) >= 11 is 0. The predicted octanol–water partition coefficient (Wildman–Crippen LogP) is 1.65. The Morgan fingerprint density at radius 3 is 2.60 bits per heavy atom. The molecule has 3 heteroatoms. The first kappa shape index (κ1) is 12.5. The van der Waals surface area contributed by atoms with Gasteiger partial charge in [-0.15, -0.1) is 0 Å². The highest BCUT2D eigenvalue weighted by atomic mass is 16.3. The molecule has 0 bridgehead atoms. The van der Waals surface area contributed by atoms with Gasteiger partial charge in [-0.05, 0) is 32.1 Å². The molecule has 1 N–H and O–H groups in total. The molecule has 15 heavy (non-hydrogen) atoms. The number of carbonyl (C=O) groups is 1. The van der Waals surface area contributed by atoms with Crippen molar-refractivity contribution in [2.24, 2.45) is 11.8 Å². The van der Waals surface area contributed by atoms with Crippen molar-refractivity contribution in [2.75, 3.05) is 13.1 Å². The molecule has 3 nitrogen and oxygen atoms in total. The molecule has 0 aromatic rings. The van der Waals surface area contributed by atoms with E-state index in [-0.39, 0.29) is 5.91 Å². The fourth-order valence-electron chi connectivity index (χ4n) is 2.25. The fraction of sp³-hybridized carbons (Fsp3) is 0.917. The molecule has 1 saturated heterocycles. The molecule has 88 valence electrons. The van der Waals surface area contributed by atoms with Crippen LogP contribution in [0.4, 0.5) is 0 Å². The molecule has 1 heterocycles. The van der Waals surface area contributed by atoms with Gasteiger partial charge in [-0.1, -0.05) is 20.3 Å². The topological polar surface area (TPSA) is 40.5 Å². The standard InChI is InChI=1S/C12H23NO2/c1-5-10-8-13(7-6-9(10)2)11(14)12(3,4)15/h9-10,15H,5-8H2,1-4H3. The van der Waals surface area contributed by atoms with Crippen LogP contribution in [0.25, 0.3) is 0 Å². The van der Waals surface area contributed by atoms with Crippen LogP contribution in [0.3, 0.4) is 0 Å². The zero-order chi connectivity index (χ0) is 11.6. The number of nitrogens with zero attached hydrogens (tertiary/aromatic N) is 1. The van der Waals surface area contributed by atoms with Crippen molar-refractivity contribution < 1.29 is 9.90 Å². The highest BCUT2D eigenvalue weighted by molar-refractivity contribution is 5.84. The zero-order valence-electron chi connectivity index (χ0n) is 10.3. The van der Waals surface area contributed by atoms with Crippen LogP contribution in [0.5, 0.6) is 0 Å². The molecule has 1 aliphatic heterocycles. The van der Waals surface area contributed by atoms with E-state index in [4.69, 9.17) is 0 Å². The van der Waals surface area contributed by atoms with Crippen molar-refractivity contribution in [3.63, 3.8) is 0 Å². The molecular formula is C12H23NO2. The van der Waals surface area contributed by atoms with Gasteiger partial charge in [0.25, 0.3) is 5.91 Å².